The van der Waals surface area contributed by atoms with Gasteiger partial charge in [-0.1, -0.05) is 0 Å². The Kier molecular flexibility index (Phi) is 7.24. The third-order valence-electron chi connectivity index (χ3n) is 8.52. The Labute approximate surface area is 233 Å². The molecule has 0 radical (unpaired) electrons. The molecule has 1 spiro atoms. The highest BCUT2D eigenvalue weighted by molar-refractivity contribution is 5.86. The molecule has 3 heterocycles. The molecule has 4 atom stereocenters. The van der Waals surface area contributed by atoms with E-state index in [9.17, 15) is 24.6 Å². The molecule has 218 valence electrons. The molecule has 1 saturated heterocycles. The zero-order valence-electron chi connectivity index (χ0n) is 23.4. The summed E-state index contributed by atoms with van der Waals surface area (Å²) in [4.78, 5) is 40.9. The van der Waals surface area contributed by atoms with Crippen molar-refractivity contribution in [3.63, 3.8) is 0 Å². The number of carbonyl (C=O) groups excluding carboxylic acids is 3. The van der Waals surface area contributed by atoms with Crippen LogP contribution in [0, 0.1) is 0 Å². The van der Waals surface area contributed by atoms with Crippen molar-refractivity contribution in [3.8, 4) is 11.5 Å². The molecule has 1 aliphatic carbocycles. The van der Waals surface area contributed by atoms with Gasteiger partial charge in [-0.2, -0.15) is 0 Å². The zero-order chi connectivity index (χ0) is 28.9. The van der Waals surface area contributed by atoms with Gasteiger partial charge in [-0.05, 0) is 75.3 Å². The summed E-state index contributed by atoms with van der Waals surface area (Å²) in [7, 11) is 2.65. The lowest BCUT2D eigenvalue weighted by molar-refractivity contribution is -0.178. The lowest BCUT2D eigenvalue weighted by Crippen LogP contribution is -2.50. The van der Waals surface area contributed by atoms with Gasteiger partial charge in [0.15, 0.2) is 23.2 Å². The summed E-state index contributed by atoms with van der Waals surface area (Å²) in [5, 5.41) is 21.6. The second-order valence-electron chi connectivity index (χ2n) is 11.7. The fraction of sp³-hybridized carbons (Fsp3) is 0.621. The van der Waals surface area contributed by atoms with Crippen LogP contribution in [0.4, 0.5) is 0 Å². The van der Waals surface area contributed by atoms with E-state index < -0.39 is 47.1 Å². The molecule has 1 amide bonds. The van der Waals surface area contributed by atoms with Gasteiger partial charge in [-0.25, -0.2) is 4.79 Å². The van der Waals surface area contributed by atoms with Gasteiger partial charge in [0.1, 0.15) is 5.76 Å². The van der Waals surface area contributed by atoms with Crippen molar-refractivity contribution in [3.05, 3.63) is 35.1 Å². The molecule has 1 aromatic carbocycles. The maximum Gasteiger partial charge on any atom is 0.339 e. The summed E-state index contributed by atoms with van der Waals surface area (Å²) in [6.07, 6.45) is 2.12. The SMILES string of the molecule is COC(=O)C[C@](O)(CCCC(C)(C)O)C(=O)O[C@H]1C(OC)=C[C@@]23CCC(=O)N2CCc2cc4c(cc2[C@@H]13)OCO4. The number of hydrogen-bond donors (Lipinski definition) is 2. The van der Waals surface area contributed by atoms with E-state index in [2.05, 4.69) is 0 Å². The molecule has 40 heavy (non-hydrogen) atoms. The molecule has 0 aromatic heterocycles. The van der Waals surface area contributed by atoms with Crippen molar-refractivity contribution in [1.82, 2.24) is 4.90 Å². The van der Waals surface area contributed by atoms with Crippen LogP contribution in [0.5, 0.6) is 11.5 Å². The molecular weight excluding hydrogens is 522 g/mol. The minimum absolute atomic E-state index is 0.00495. The highest BCUT2D eigenvalue weighted by atomic mass is 16.7. The smallest absolute Gasteiger partial charge is 0.339 e. The van der Waals surface area contributed by atoms with E-state index in [1.165, 1.54) is 14.2 Å². The third-order valence-corrected chi connectivity index (χ3v) is 8.52. The summed E-state index contributed by atoms with van der Waals surface area (Å²) >= 11 is 0. The first-order chi connectivity index (χ1) is 18.9. The molecule has 0 unspecified atom stereocenters. The molecule has 1 fully saturated rings. The number of nitrogens with zero attached hydrogens (tertiary/aromatic N) is 1. The van der Waals surface area contributed by atoms with Crippen LogP contribution in [0.15, 0.2) is 24.0 Å². The number of ether oxygens (including phenoxy) is 5. The molecule has 5 rings (SSSR count). The number of carbonyl (C=O) groups is 3. The predicted molar refractivity (Wildman–Crippen MR) is 139 cm³/mol. The number of rotatable bonds is 9. The molecule has 0 bridgehead atoms. The maximum atomic E-state index is 13.8. The van der Waals surface area contributed by atoms with Crippen molar-refractivity contribution in [2.75, 3.05) is 27.6 Å². The molecule has 11 nitrogen and oxygen atoms in total. The number of methoxy groups -OCH3 is 2. The number of hydrogen-bond acceptors (Lipinski definition) is 10. The van der Waals surface area contributed by atoms with E-state index in [4.69, 9.17) is 23.7 Å². The summed E-state index contributed by atoms with van der Waals surface area (Å²) in [5.41, 5.74) is -2.22. The van der Waals surface area contributed by atoms with Crippen LogP contribution in [0.2, 0.25) is 0 Å². The van der Waals surface area contributed by atoms with E-state index in [-0.39, 0.29) is 25.5 Å². The summed E-state index contributed by atoms with van der Waals surface area (Å²) < 4.78 is 27.8. The number of amides is 1. The lowest BCUT2D eigenvalue weighted by atomic mass is 9.77. The molecule has 11 heteroatoms. The largest absolute Gasteiger partial charge is 0.497 e. The minimum Gasteiger partial charge on any atom is -0.497 e. The Morgan fingerprint density at radius 3 is 2.52 bits per heavy atom. The standard InChI is InChI=1S/C29H37NO10/c1-27(2,34)8-5-9-29(35,15-23(32)37-4)26(33)40-25-21(36-3)14-28-10-6-22(31)30(28)11-7-17-12-19-20(39-16-38-19)13-18(17)24(25)28/h12-14,24-25,34-35H,5-11,15-16H2,1-4H3/t24-,25-,28+,29+/m0/s1. The van der Waals surface area contributed by atoms with Crippen molar-refractivity contribution in [2.45, 2.75) is 87.6 Å². The molecule has 1 aromatic rings. The van der Waals surface area contributed by atoms with Crippen LogP contribution in [-0.4, -0.2) is 83.4 Å². The number of esters is 2. The Bertz CT molecular complexity index is 1240. The number of aliphatic hydroxyl groups is 2. The van der Waals surface area contributed by atoms with E-state index >= 15 is 0 Å². The summed E-state index contributed by atoms with van der Waals surface area (Å²) in [6, 6.07) is 3.79. The van der Waals surface area contributed by atoms with E-state index in [1.54, 1.807) is 13.8 Å². The highest BCUT2D eigenvalue weighted by Gasteiger charge is 2.61. The molecule has 0 saturated carbocycles. The Balaban J connectivity index is 1.53. The second kappa shape index (κ2) is 10.3. The Morgan fingerprint density at radius 1 is 1.12 bits per heavy atom. The van der Waals surface area contributed by atoms with Crippen molar-refractivity contribution in [2.24, 2.45) is 0 Å². The Hall–Kier alpha value is -3.31. The molecule has 2 N–H and O–H groups in total. The predicted octanol–water partition coefficient (Wildman–Crippen LogP) is 2.11. The fourth-order valence-electron chi connectivity index (χ4n) is 6.54. The van der Waals surface area contributed by atoms with Crippen molar-refractivity contribution in [1.29, 1.82) is 0 Å². The minimum atomic E-state index is -2.19. The number of benzene rings is 1. The normalized spacial score (nSPS) is 26.2. The quantitative estimate of drug-likeness (QED) is 0.432. The molecule has 4 aliphatic rings. The summed E-state index contributed by atoms with van der Waals surface area (Å²) in [6.45, 7) is 3.83. The van der Waals surface area contributed by atoms with Crippen LogP contribution >= 0.6 is 0 Å². The molecular formula is C29H37NO10. The summed E-state index contributed by atoms with van der Waals surface area (Å²) in [5.74, 6) is -0.757. The average molecular weight is 560 g/mol. The highest BCUT2D eigenvalue weighted by Crippen LogP contribution is 2.56. The van der Waals surface area contributed by atoms with Gasteiger partial charge in [0.05, 0.1) is 37.7 Å². The third kappa shape index (κ3) is 4.89. The van der Waals surface area contributed by atoms with Crippen LogP contribution in [-0.2, 0) is 35.0 Å². The van der Waals surface area contributed by atoms with Gasteiger partial charge in [-0.3, -0.25) is 9.59 Å². The first-order valence-corrected chi connectivity index (χ1v) is 13.6. The van der Waals surface area contributed by atoms with Gasteiger partial charge < -0.3 is 38.8 Å². The van der Waals surface area contributed by atoms with Crippen LogP contribution in [0.3, 0.4) is 0 Å². The van der Waals surface area contributed by atoms with Gasteiger partial charge in [0, 0.05) is 13.0 Å². The van der Waals surface area contributed by atoms with Crippen molar-refractivity contribution < 1.29 is 48.3 Å². The van der Waals surface area contributed by atoms with Crippen LogP contribution in [0.1, 0.15) is 69.4 Å². The first kappa shape index (κ1) is 28.2. The first-order valence-electron chi connectivity index (χ1n) is 13.6. The van der Waals surface area contributed by atoms with Gasteiger partial charge in [0.2, 0.25) is 12.7 Å². The monoisotopic (exact) mass is 559 g/mol. The van der Waals surface area contributed by atoms with Gasteiger partial charge >= 0.3 is 11.9 Å². The lowest BCUT2D eigenvalue weighted by Gasteiger charge is -2.39. The second-order valence-corrected chi connectivity index (χ2v) is 11.7. The van der Waals surface area contributed by atoms with E-state index in [1.807, 2.05) is 23.1 Å². The van der Waals surface area contributed by atoms with E-state index in [0.717, 1.165) is 11.1 Å². The average Bonchev–Trinajstić information content (AvgIpc) is 3.54. The fourth-order valence-corrected chi connectivity index (χ4v) is 6.54. The van der Waals surface area contributed by atoms with E-state index in [0.29, 0.717) is 49.5 Å². The Morgan fingerprint density at radius 2 is 1.85 bits per heavy atom. The van der Waals surface area contributed by atoms with Gasteiger partial charge in [0.25, 0.3) is 0 Å². The topological polar surface area (TPSA) is 141 Å². The van der Waals surface area contributed by atoms with Crippen LogP contribution in [0.25, 0.3) is 0 Å². The number of fused-ring (bicyclic) bond motifs is 3. The van der Waals surface area contributed by atoms with Crippen molar-refractivity contribution >= 4 is 17.8 Å². The van der Waals surface area contributed by atoms with Crippen LogP contribution < -0.4 is 9.47 Å². The van der Waals surface area contributed by atoms with Gasteiger partial charge in [-0.15, -0.1) is 0 Å². The maximum absolute atomic E-state index is 13.8. The zero-order valence-corrected chi connectivity index (χ0v) is 23.4. The molecule has 3 aliphatic heterocycles.